The number of hydrogen-bond donors (Lipinski definition) is 0. The number of carbonyl (C=O) groups is 1. The van der Waals surface area contributed by atoms with E-state index < -0.39 is 11.5 Å². The molecule has 126 valence electrons. The Morgan fingerprint density at radius 3 is 2.75 bits per heavy atom. The molecule has 1 aliphatic rings. The first kappa shape index (κ1) is 16.3. The Morgan fingerprint density at radius 2 is 2.08 bits per heavy atom. The Morgan fingerprint density at radius 1 is 1.33 bits per heavy atom. The van der Waals surface area contributed by atoms with Gasteiger partial charge in [-0.1, -0.05) is 18.6 Å². The van der Waals surface area contributed by atoms with Crippen LogP contribution in [0.15, 0.2) is 33.0 Å². The zero-order chi connectivity index (χ0) is 17.4. The molecule has 24 heavy (non-hydrogen) atoms. The molecule has 0 bridgehead atoms. The van der Waals surface area contributed by atoms with Crippen LogP contribution in [0.25, 0.3) is 17.0 Å². The second kappa shape index (κ2) is 6.15. The SMILES string of the molecule is CCOC(=O)C1C(C)=Cc2c(c(=O)oc3cc(OC)ccc23)C1C. The van der Waals surface area contributed by atoms with Crippen molar-refractivity contribution in [2.75, 3.05) is 13.7 Å². The van der Waals surface area contributed by atoms with Gasteiger partial charge >= 0.3 is 11.6 Å². The van der Waals surface area contributed by atoms with E-state index in [4.69, 9.17) is 13.9 Å². The molecule has 1 aromatic carbocycles. The van der Waals surface area contributed by atoms with Crippen molar-refractivity contribution in [3.05, 3.63) is 45.3 Å². The number of benzene rings is 1. The van der Waals surface area contributed by atoms with Gasteiger partial charge in [-0.3, -0.25) is 4.79 Å². The topological polar surface area (TPSA) is 65.7 Å². The summed E-state index contributed by atoms with van der Waals surface area (Å²) in [6.45, 7) is 5.84. The third-order valence-electron chi connectivity index (χ3n) is 4.55. The molecule has 0 N–H and O–H groups in total. The predicted molar refractivity (Wildman–Crippen MR) is 91.2 cm³/mol. The third-order valence-corrected chi connectivity index (χ3v) is 4.55. The van der Waals surface area contributed by atoms with E-state index in [0.29, 0.717) is 23.5 Å². The van der Waals surface area contributed by atoms with Crippen molar-refractivity contribution in [3.8, 4) is 5.75 Å². The highest BCUT2D eigenvalue weighted by molar-refractivity contribution is 5.92. The van der Waals surface area contributed by atoms with Gasteiger partial charge in [-0.15, -0.1) is 0 Å². The summed E-state index contributed by atoms with van der Waals surface area (Å²) in [5.41, 5.74) is 2.28. The molecule has 2 unspecified atom stereocenters. The summed E-state index contributed by atoms with van der Waals surface area (Å²) in [7, 11) is 1.56. The van der Waals surface area contributed by atoms with Crippen LogP contribution in [-0.2, 0) is 9.53 Å². The second-order valence-corrected chi connectivity index (χ2v) is 5.99. The molecule has 0 saturated carbocycles. The lowest BCUT2D eigenvalue weighted by molar-refractivity contribution is -0.147. The number of fused-ring (bicyclic) bond motifs is 3. The fourth-order valence-electron chi connectivity index (χ4n) is 3.43. The van der Waals surface area contributed by atoms with E-state index >= 15 is 0 Å². The average molecular weight is 328 g/mol. The molecule has 5 heteroatoms. The molecule has 2 aromatic rings. The summed E-state index contributed by atoms with van der Waals surface area (Å²) in [6, 6.07) is 5.40. The molecule has 0 saturated heterocycles. The normalized spacial score (nSPS) is 19.6. The van der Waals surface area contributed by atoms with Crippen molar-refractivity contribution in [2.45, 2.75) is 26.7 Å². The Balaban J connectivity index is 2.22. The number of esters is 1. The Kier molecular flexibility index (Phi) is 4.18. The minimum Gasteiger partial charge on any atom is -0.497 e. The third kappa shape index (κ3) is 2.50. The van der Waals surface area contributed by atoms with Gasteiger partial charge < -0.3 is 13.9 Å². The van der Waals surface area contributed by atoms with E-state index in [1.165, 1.54) is 0 Å². The molecule has 0 amide bonds. The summed E-state index contributed by atoms with van der Waals surface area (Å²) in [4.78, 5) is 24.8. The van der Waals surface area contributed by atoms with Crippen LogP contribution in [0.2, 0.25) is 0 Å². The lowest BCUT2D eigenvalue weighted by Crippen LogP contribution is -2.30. The summed E-state index contributed by atoms with van der Waals surface area (Å²) in [5.74, 6) is -0.443. The van der Waals surface area contributed by atoms with E-state index in [2.05, 4.69) is 0 Å². The molecular weight excluding hydrogens is 308 g/mol. The number of rotatable bonds is 3. The monoisotopic (exact) mass is 328 g/mol. The molecule has 1 aliphatic carbocycles. The highest BCUT2D eigenvalue weighted by atomic mass is 16.5. The fraction of sp³-hybridized carbons (Fsp3) is 0.368. The Hall–Kier alpha value is -2.56. The minimum atomic E-state index is -0.462. The van der Waals surface area contributed by atoms with Crippen LogP contribution >= 0.6 is 0 Å². The first-order valence-corrected chi connectivity index (χ1v) is 7.97. The lowest BCUT2D eigenvalue weighted by Gasteiger charge is -2.28. The highest BCUT2D eigenvalue weighted by Crippen LogP contribution is 2.40. The first-order chi connectivity index (χ1) is 11.5. The highest BCUT2D eigenvalue weighted by Gasteiger charge is 2.36. The van der Waals surface area contributed by atoms with Crippen LogP contribution < -0.4 is 10.4 Å². The Labute approximate surface area is 139 Å². The van der Waals surface area contributed by atoms with Gasteiger partial charge in [0.1, 0.15) is 11.3 Å². The molecular formula is C19H20O5. The van der Waals surface area contributed by atoms with Crippen LogP contribution in [-0.4, -0.2) is 19.7 Å². The molecule has 5 nitrogen and oxygen atoms in total. The molecule has 0 radical (unpaired) electrons. The van der Waals surface area contributed by atoms with E-state index in [9.17, 15) is 9.59 Å². The van der Waals surface area contributed by atoms with Crippen molar-refractivity contribution in [3.63, 3.8) is 0 Å². The number of ether oxygens (including phenoxy) is 2. The van der Waals surface area contributed by atoms with Crippen molar-refractivity contribution in [2.24, 2.45) is 5.92 Å². The van der Waals surface area contributed by atoms with Crippen LogP contribution in [0.1, 0.15) is 37.8 Å². The smallest absolute Gasteiger partial charge is 0.340 e. The number of hydrogen-bond acceptors (Lipinski definition) is 5. The van der Waals surface area contributed by atoms with E-state index in [-0.39, 0.29) is 11.9 Å². The van der Waals surface area contributed by atoms with Gasteiger partial charge in [0.2, 0.25) is 0 Å². The van der Waals surface area contributed by atoms with E-state index in [0.717, 1.165) is 16.5 Å². The zero-order valence-corrected chi connectivity index (χ0v) is 14.2. The number of methoxy groups -OCH3 is 1. The second-order valence-electron chi connectivity index (χ2n) is 5.99. The van der Waals surface area contributed by atoms with Gasteiger partial charge in [-0.25, -0.2) is 4.79 Å². The standard InChI is InChI=1S/C19H20O5/c1-5-23-18(20)16-10(2)8-14-13-7-6-12(22-4)9-15(13)24-19(21)17(14)11(16)3/h6-9,11,16H,5H2,1-4H3. The zero-order valence-electron chi connectivity index (χ0n) is 14.2. The largest absolute Gasteiger partial charge is 0.497 e. The van der Waals surface area contributed by atoms with Gasteiger partial charge in [0, 0.05) is 22.9 Å². The average Bonchev–Trinajstić information content (AvgIpc) is 2.54. The van der Waals surface area contributed by atoms with Crippen molar-refractivity contribution in [1.82, 2.24) is 0 Å². The van der Waals surface area contributed by atoms with Crippen LogP contribution in [0.4, 0.5) is 0 Å². The molecule has 2 atom stereocenters. The van der Waals surface area contributed by atoms with Gasteiger partial charge in [0.05, 0.1) is 19.6 Å². The maximum Gasteiger partial charge on any atom is 0.340 e. The van der Waals surface area contributed by atoms with Gasteiger partial charge in [0.15, 0.2) is 0 Å². The van der Waals surface area contributed by atoms with Crippen molar-refractivity contribution in [1.29, 1.82) is 0 Å². The van der Waals surface area contributed by atoms with Gasteiger partial charge in [-0.05, 0) is 31.5 Å². The van der Waals surface area contributed by atoms with E-state index in [1.807, 2.05) is 32.1 Å². The summed E-state index contributed by atoms with van der Waals surface area (Å²) in [6.07, 6.45) is 1.89. The van der Waals surface area contributed by atoms with Gasteiger partial charge in [-0.2, -0.15) is 0 Å². The van der Waals surface area contributed by atoms with Crippen molar-refractivity contribution >= 4 is 23.0 Å². The van der Waals surface area contributed by atoms with Crippen LogP contribution in [0, 0.1) is 5.92 Å². The predicted octanol–water partition coefficient (Wildman–Crippen LogP) is 3.50. The summed E-state index contributed by atoms with van der Waals surface area (Å²) < 4.78 is 15.8. The van der Waals surface area contributed by atoms with Crippen molar-refractivity contribution < 1.29 is 18.7 Å². The fourth-order valence-corrected chi connectivity index (χ4v) is 3.43. The summed E-state index contributed by atoms with van der Waals surface area (Å²) in [5, 5.41) is 0.832. The lowest BCUT2D eigenvalue weighted by atomic mass is 9.76. The molecule has 1 aromatic heterocycles. The van der Waals surface area contributed by atoms with Gasteiger partial charge in [0.25, 0.3) is 0 Å². The molecule has 0 aliphatic heterocycles. The summed E-state index contributed by atoms with van der Waals surface area (Å²) >= 11 is 0. The maximum absolute atomic E-state index is 12.5. The molecule has 0 spiro atoms. The minimum absolute atomic E-state index is 0.299. The molecule has 1 heterocycles. The van der Waals surface area contributed by atoms with Crippen LogP contribution in [0.3, 0.4) is 0 Å². The van der Waals surface area contributed by atoms with E-state index in [1.54, 1.807) is 20.1 Å². The molecule has 3 rings (SSSR count). The number of carbonyl (C=O) groups excluding carboxylic acids is 1. The first-order valence-electron chi connectivity index (χ1n) is 7.97. The quantitative estimate of drug-likeness (QED) is 0.637. The van der Waals surface area contributed by atoms with Crippen LogP contribution in [0.5, 0.6) is 5.75 Å². The molecule has 0 fully saturated rings. The maximum atomic E-state index is 12.5. The Bertz CT molecular complexity index is 891.